The summed E-state index contributed by atoms with van der Waals surface area (Å²) in [5.41, 5.74) is 4.72. The van der Waals surface area contributed by atoms with Crippen LogP contribution in [0.5, 0.6) is 0 Å². The normalized spacial score (nSPS) is 35.7. The average Bonchev–Trinajstić information content (AvgIpc) is 2.30. The van der Waals surface area contributed by atoms with Gasteiger partial charge in [-0.25, -0.2) is 0 Å². The molecule has 0 spiro atoms. The molecular weight excluding hydrogens is 184 g/mol. The Morgan fingerprint density at radius 1 is 1.13 bits per heavy atom. The zero-order chi connectivity index (χ0) is 10.3. The number of allylic oxidation sites excluding steroid dienone is 1. The number of fused-ring (bicyclic) bond motifs is 2. The van der Waals surface area contributed by atoms with Crippen LogP contribution in [0.4, 0.5) is 0 Å². The Kier molecular flexibility index (Phi) is 2.44. The lowest BCUT2D eigenvalue weighted by atomic mass is 9.80. The molecule has 0 N–H and O–H groups in total. The third kappa shape index (κ3) is 1.57. The largest absolute Gasteiger partial charge is 0.366 e. The molecule has 82 valence electrons. The van der Waals surface area contributed by atoms with Crippen molar-refractivity contribution in [1.29, 1.82) is 0 Å². The van der Waals surface area contributed by atoms with Gasteiger partial charge < -0.3 is 4.74 Å². The molecule has 15 heavy (non-hydrogen) atoms. The van der Waals surface area contributed by atoms with E-state index >= 15 is 0 Å². The molecule has 0 amide bonds. The van der Waals surface area contributed by atoms with Crippen LogP contribution < -0.4 is 0 Å². The molecule has 0 aromatic carbocycles. The number of rotatable bonds is 0. The van der Waals surface area contributed by atoms with Crippen molar-refractivity contribution in [3.63, 3.8) is 0 Å². The lowest BCUT2D eigenvalue weighted by Gasteiger charge is -2.39. The highest BCUT2D eigenvalue weighted by Crippen LogP contribution is 2.40. The molecule has 2 aliphatic carbocycles. The van der Waals surface area contributed by atoms with E-state index in [1.54, 1.807) is 11.1 Å². The molecule has 1 fully saturated rings. The molecule has 0 aromatic heterocycles. The summed E-state index contributed by atoms with van der Waals surface area (Å²) < 4.78 is 6.24. The molecule has 1 heterocycles. The summed E-state index contributed by atoms with van der Waals surface area (Å²) in [5, 5.41) is 0. The lowest BCUT2D eigenvalue weighted by Crippen LogP contribution is -2.34. The number of hydrogen-bond donors (Lipinski definition) is 0. The van der Waals surface area contributed by atoms with Crippen molar-refractivity contribution in [1.82, 2.24) is 0 Å². The van der Waals surface area contributed by atoms with Crippen molar-refractivity contribution in [2.24, 2.45) is 0 Å². The second kappa shape index (κ2) is 3.79. The molecule has 3 rings (SSSR count). The lowest BCUT2D eigenvalue weighted by molar-refractivity contribution is -0.000250. The van der Waals surface area contributed by atoms with Crippen molar-refractivity contribution < 1.29 is 4.74 Å². The highest BCUT2D eigenvalue weighted by Gasteiger charge is 2.33. The Morgan fingerprint density at radius 2 is 2.00 bits per heavy atom. The van der Waals surface area contributed by atoms with Gasteiger partial charge in [0.1, 0.15) is 0 Å². The summed E-state index contributed by atoms with van der Waals surface area (Å²) in [7, 11) is 0. The van der Waals surface area contributed by atoms with Gasteiger partial charge in [-0.1, -0.05) is 12.5 Å². The summed E-state index contributed by atoms with van der Waals surface area (Å²) >= 11 is 0. The van der Waals surface area contributed by atoms with E-state index < -0.39 is 0 Å². The SMILES string of the molecule is CC1=C2CCCC[C@H]2O[C@@H]2CCCC=C12. The summed E-state index contributed by atoms with van der Waals surface area (Å²) in [6, 6.07) is 0. The first-order valence-electron chi connectivity index (χ1n) is 6.42. The summed E-state index contributed by atoms with van der Waals surface area (Å²) in [6.07, 6.45) is 12.4. The van der Waals surface area contributed by atoms with Crippen LogP contribution in [0, 0.1) is 0 Å². The minimum atomic E-state index is 0.436. The molecule has 0 radical (unpaired) electrons. The van der Waals surface area contributed by atoms with Crippen LogP contribution in [-0.2, 0) is 4.74 Å². The van der Waals surface area contributed by atoms with E-state index in [0.717, 1.165) is 0 Å². The molecule has 0 unspecified atom stereocenters. The van der Waals surface area contributed by atoms with Gasteiger partial charge in [-0.15, -0.1) is 0 Å². The van der Waals surface area contributed by atoms with Gasteiger partial charge in [-0.05, 0) is 62.2 Å². The Balaban J connectivity index is 1.98. The first kappa shape index (κ1) is 9.65. The summed E-state index contributed by atoms with van der Waals surface area (Å²) in [5.74, 6) is 0. The molecule has 1 aliphatic heterocycles. The zero-order valence-electron chi connectivity index (χ0n) is 9.59. The average molecular weight is 204 g/mol. The predicted octanol–water partition coefficient (Wildman–Crippen LogP) is 3.75. The summed E-state index contributed by atoms with van der Waals surface area (Å²) in [6.45, 7) is 2.32. The monoisotopic (exact) mass is 204 g/mol. The van der Waals surface area contributed by atoms with Crippen LogP contribution in [0.25, 0.3) is 0 Å². The van der Waals surface area contributed by atoms with Crippen LogP contribution in [0.3, 0.4) is 0 Å². The minimum absolute atomic E-state index is 0.436. The second-order valence-electron chi connectivity index (χ2n) is 5.10. The fourth-order valence-corrected chi connectivity index (χ4v) is 3.33. The van der Waals surface area contributed by atoms with Crippen molar-refractivity contribution in [3.8, 4) is 0 Å². The van der Waals surface area contributed by atoms with Gasteiger partial charge in [0.15, 0.2) is 0 Å². The maximum atomic E-state index is 6.24. The second-order valence-corrected chi connectivity index (χ2v) is 5.10. The van der Waals surface area contributed by atoms with Crippen molar-refractivity contribution in [2.75, 3.05) is 0 Å². The molecular formula is C14H20O. The van der Waals surface area contributed by atoms with Gasteiger partial charge in [0.05, 0.1) is 12.2 Å². The Bertz CT molecular complexity index is 324. The molecule has 1 saturated carbocycles. The molecule has 3 aliphatic rings. The van der Waals surface area contributed by atoms with Gasteiger partial charge in [0.25, 0.3) is 0 Å². The Labute approximate surface area is 92.2 Å². The molecule has 1 heteroatoms. The Hall–Kier alpha value is -0.560. The minimum Gasteiger partial charge on any atom is -0.366 e. The van der Waals surface area contributed by atoms with Gasteiger partial charge in [0.2, 0.25) is 0 Å². The van der Waals surface area contributed by atoms with E-state index in [4.69, 9.17) is 4.74 Å². The van der Waals surface area contributed by atoms with E-state index in [-0.39, 0.29) is 0 Å². The third-order valence-corrected chi connectivity index (χ3v) is 4.18. The van der Waals surface area contributed by atoms with E-state index in [0.29, 0.717) is 12.2 Å². The maximum Gasteiger partial charge on any atom is 0.0832 e. The highest BCUT2D eigenvalue weighted by atomic mass is 16.5. The summed E-state index contributed by atoms with van der Waals surface area (Å²) in [4.78, 5) is 0. The highest BCUT2D eigenvalue weighted by molar-refractivity contribution is 5.42. The first-order valence-corrected chi connectivity index (χ1v) is 6.42. The standard InChI is InChI=1S/C14H20O/c1-10-11-6-2-4-8-13(11)15-14-9-5-3-7-12(10)14/h6,13-14H,2-5,7-9H2,1H3/t13-,14-/m1/s1. The molecule has 0 aromatic rings. The molecule has 0 saturated heterocycles. The van der Waals surface area contributed by atoms with Crippen molar-refractivity contribution >= 4 is 0 Å². The van der Waals surface area contributed by atoms with Gasteiger partial charge in [-0.3, -0.25) is 0 Å². The molecule has 2 atom stereocenters. The maximum absolute atomic E-state index is 6.24. The van der Waals surface area contributed by atoms with Crippen LogP contribution in [0.15, 0.2) is 22.8 Å². The van der Waals surface area contributed by atoms with E-state index in [2.05, 4.69) is 13.0 Å². The van der Waals surface area contributed by atoms with Crippen LogP contribution in [-0.4, -0.2) is 12.2 Å². The van der Waals surface area contributed by atoms with E-state index in [9.17, 15) is 0 Å². The fourth-order valence-electron chi connectivity index (χ4n) is 3.33. The zero-order valence-corrected chi connectivity index (χ0v) is 9.59. The number of hydrogen-bond acceptors (Lipinski definition) is 1. The number of ether oxygens (including phenoxy) is 1. The Morgan fingerprint density at radius 3 is 2.93 bits per heavy atom. The fraction of sp³-hybridized carbons (Fsp3) is 0.714. The molecule has 0 bridgehead atoms. The van der Waals surface area contributed by atoms with Gasteiger partial charge >= 0.3 is 0 Å². The van der Waals surface area contributed by atoms with Crippen molar-refractivity contribution in [2.45, 2.75) is 64.1 Å². The van der Waals surface area contributed by atoms with E-state index in [1.807, 2.05) is 0 Å². The topological polar surface area (TPSA) is 9.23 Å². The molecule has 1 nitrogen and oxygen atoms in total. The first-order chi connectivity index (χ1) is 7.36. The van der Waals surface area contributed by atoms with Crippen LogP contribution in [0.2, 0.25) is 0 Å². The predicted molar refractivity (Wildman–Crippen MR) is 61.8 cm³/mol. The van der Waals surface area contributed by atoms with Crippen LogP contribution >= 0.6 is 0 Å². The van der Waals surface area contributed by atoms with Crippen LogP contribution in [0.1, 0.15) is 51.9 Å². The van der Waals surface area contributed by atoms with E-state index in [1.165, 1.54) is 50.5 Å². The third-order valence-electron chi connectivity index (χ3n) is 4.18. The van der Waals surface area contributed by atoms with Crippen molar-refractivity contribution in [3.05, 3.63) is 22.8 Å². The quantitative estimate of drug-likeness (QED) is 0.584. The van der Waals surface area contributed by atoms with Gasteiger partial charge in [0, 0.05) is 0 Å². The van der Waals surface area contributed by atoms with Gasteiger partial charge in [-0.2, -0.15) is 0 Å². The smallest absolute Gasteiger partial charge is 0.0832 e.